The molecule has 1 aromatic carbocycles. The molecule has 0 bridgehead atoms. The van der Waals surface area contributed by atoms with Crippen molar-refractivity contribution in [1.82, 2.24) is 0 Å². The minimum absolute atomic E-state index is 0.326. The van der Waals surface area contributed by atoms with E-state index in [1.54, 1.807) is 11.1 Å². The van der Waals surface area contributed by atoms with Crippen LogP contribution in [0.3, 0.4) is 0 Å². The summed E-state index contributed by atoms with van der Waals surface area (Å²) < 4.78 is 0. The van der Waals surface area contributed by atoms with Gasteiger partial charge in [0.25, 0.3) is 0 Å². The van der Waals surface area contributed by atoms with Crippen molar-refractivity contribution in [3.63, 3.8) is 0 Å². The normalized spacial score (nSPS) is 16.7. The quantitative estimate of drug-likeness (QED) is 0.776. The molecule has 0 fully saturated rings. The van der Waals surface area contributed by atoms with Gasteiger partial charge in [-0.1, -0.05) is 18.2 Å². The fraction of sp³-hybridized carbons (Fsp3) is 0.538. The number of benzene rings is 1. The lowest BCUT2D eigenvalue weighted by Gasteiger charge is -2.09. The molecule has 0 amide bonds. The average molecular weight is 189 g/mol. The van der Waals surface area contributed by atoms with Gasteiger partial charge in [0.1, 0.15) is 0 Å². The standard InChI is InChI=1S/C13H19N/c1-10(14)8-9-12-5-2-4-11-6-3-7-13(11)12/h2,4-5,10H,3,6-9,14H2,1H3. The molecule has 0 heterocycles. The summed E-state index contributed by atoms with van der Waals surface area (Å²) in [6.45, 7) is 2.09. The Bertz CT molecular complexity index is 315. The van der Waals surface area contributed by atoms with Crippen molar-refractivity contribution in [2.45, 2.75) is 45.1 Å². The first-order chi connectivity index (χ1) is 6.77. The maximum Gasteiger partial charge on any atom is 0.00136 e. The van der Waals surface area contributed by atoms with Crippen LogP contribution in [-0.4, -0.2) is 6.04 Å². The Hall–Kier alpha value is -0.820. The van der Waals surface area contributed by atoms with Crippen molar-refractivity contribution < 1.29 is 0 Å². The van der Waals surface area contributed by atoms with Crippen molar-refractivity contribution in [3.05, 3.63) is 34.9 Å². The molecule has 1 heteroatoms. The smallest absolute Gasteiger partial charge is 0.00136 e. The topological polar surface area (TPSA) is 26.0 Å². The second kappa shape index (κ2) is 4.14. The van der Waals surface area contributed by atoms with Crippen molar-refractivity contribution >= 4 is 0 Å². The Morgan fingerprint density at radius 3 is 3.00 bits per heavy atom. The molecule has 1 unspecified atom stereocenters. The lowest BCUT2D eigenvalue weighted by molar-refractivity contribution is 0.663. The summed E-state index contributed by atoms with van der Waals surface area (Å²) in [7, 11) is 0. The second-order valence-corrected chi connectivity index (χ2v) is 4.42. The van der Waals surface area contributed by atoms with Crippen LogP contribution in [0.1, 0.15) is 36.5 Å². The van der Waals surface area contributed by atoms with E-state index in [9.17, 15) is 0 Å². The van der Waals surface area contributed by atoms with E-state index in [0.717, 1.165) is 12.8 Å². The average Bonchev–Trinajstić information content (AvgIpc) is 2.62. The summed E-state index contributed by atoms with van der Waals surface area (Å²) in [5, 5.41) is 0. The highest BCUT2D eigenvalue weighted by molar-refractivity contribution is 5.38. The van der Waals surface area contributed by atoms with Crippen molar-refractivity contribution in [2.75, 3.05) is 0 Å². The van der Waals surface area contributed by atoms with Crippen LogP contribution in [0.15, 0.2) is 18.2 Å². The molecule has 1 aliphatic carbocycles. The van der Waals surface area contributed by atoms with Crippen LogP contribution < -0.4 is 5.73 Å². The third-order valence-electron chi connectivity index (χ3n) is 3.11. The fourth-order valence-electron chi connectivity index (χ4n) is 2.32. The second-order valence-electron chi connectivity index (χ2n) is 4.42. The first-order valence-corrected chi connectivity index (χ1v) is 5.62. The molecule has 1 aromatic rings. The molecule has 0 aromatic heterocycles. The number of rotatable bonds is 3. The molecule has 0 spiro atoms. The van der Waals surface area contributed by atoms with Crippen LogP contribution in [0.5, 0.6) is 0 Å². The van der Waals surface area contributed by atoms with Crippen LogP contribution >= 0.6 is 0 Å². The lowest BCUT2D eigenvalue weighted by Crippen LogP contribution is -2.15. The minimum atomic E-state index is 0.326. The Kier molecular flexibility index (Phi) is 2.87. The maximum atomic E-state index is 5.79. The van der Waals surface area contributed by atoms with Gasteiger partial charge in [0.2, 0.25) is 0 Å². The zero-order chi connectivity index (χ0) is 9.97. The van der Waals surface area contributed by atoms with Gasteiger partial charge in [-0.3, -0.25) is 0 Å². The van der Waals surface area contributed by atoms with Crippen LogP contribution in [0.25, 0.3) is 0 Å². The molecule has 1 atom stereocenters. The lowest BCUT2D eigenvalue weighted by atomic mass is 9.98. The molecule has 0 radical (unpaired) electrons. The van der Waals surface area contributed by atoms with Gasteiger partial charge in [-0.25, -0.2) is 0 Å². The van der Waals surface area contributed by atoms with E-state index in [-0.39, 0.29) is 0 Å². The Balaban J connectivity index is 2.14. The van der Waals surface area contributed by atoms with E-state index >= 15 is 0 Å². The van der Waals surface area contributed by atoms with Crippen molar-refractivity contribution in [1.29, 1.82) is 0 Å². The number of hydrogen-bond donors (Lipinski definition) is 1. The summed E-state index contributed by atoms with van der Waals surface area (Å²) in [4.78, 5) is 0. The van der Waals surface area contributed by atoms with E-state index in [1.165, 1.54) is 24.8 Å². The highest BCUT2D eigenvalue weighted by Crippen LogP contribution is 2.26. The molecule has 0 saturated heterocycles. The molecule has 1 nitrogen and oxygen atoms in total. The Morgan fingerprint density at radius 1 is 1.36 bits per heavy atom. The summed E-state index contributed by atoms with van der Waals surface area (Å²) in [5.41, 5.74) is 10.5. The molecule has 0 saturated carbocycles. The third kappa shape index (κ3) is 1.98. The predicted molar refractivity (Wildman–Crippen MR) is 60.4 cm³/mol. The molecule has 0 aliphatic heterocycles. The van der Waals surface area contributed by atoms with E-state index in [4.69, 9.17) is 5.73 Å². The van der Waals surface area contributed by atoms with Gasteiger partial charge < -0.3 is 5.73 Å². The summed E-state index contributed by atoms with van der Waals surface area (Å²) in [6.07, 6.45) is 6.16. The van der Waals surface area contributed by atoms with Gasteiger partial charge in [0, 0.05) is 6.04 Å². The van der Waals surface area contributed by atoms with Gasteiger partial charge in [0.05, 0.1) is 0 Å². The van der Waals surface area contributed by atoms with Crippen molar-refractivity contribution in [3.8, 4) is 0 Å². The number of aryl methyl sites for hydroxylation is 2. The third-order valence-corrected chi connectivity index (χ3v) is 3.11. The van der Waals surface area contributed by atoms with E-state index in [1.807, 2.05) is 0 Å². The number of fused-ring (bicyclic) bond motifs is 1. The number of nitrogens with two attached hydrogens (primary N) is 1. The Labute approximate surface area is 86.3 Å². The highest BCUT2D eigenvalue weighted by Gasteiger charge is 2.13. The summed E-state index contributed by atoms with van der Waals surface area (Å²) in [6, 6.07) is 7.07. The van der Waals surface area contributed by atoms with Crippen LogP contribution in [-0.2, 0) is 19.3 Å². The largest absolute Gasteiger partial charge is 0.328 e. The fourth-order valence-corrected chi connectivity index (χ4v) is 2.32. The molecule has 14 heavy (non-hydrogen) atoms. The van der Waals surface area contributed by atoms with Gasteiger partial charge in [-0.05, 0) is 55.7 Å². The summed E-state index contributed by atoms with van der Waals surface area (Å²) >= 11 is 0. The molecule has 2 rings (SSSR count). The molecular weight excluding hydrogens is 170 g/mol. The SMILES string of the molecule is CC(N)CCc1cccc2c1CCC2. The van der Waals surface area contributed by atoms with Crippen LogP contribution in [0.2, 0.25) is 0 Å². The predicted octanol–water partition coefficient (Wildman–Crippen LogP) is 2.46. The monoisotopic (exact) mass is 189 g/mol. The van der Waals surface area contributed by atoms with Crippen LogP contribution in [0.4, 0.5) is 0 Å². The van der Waals surface area contributed by atoms with E-state index in [0.29, 0.717) is 6.04 Å². The molecule has 2 N–H and O–H groups in total. The molecule has 1 aliphatic rings. The van der Waals surface area contributed by atoms with Crippen LogP contribution in [0, 0.1) is 0 Å². The van der Waals surface area contributed by atoms with Gasteiger partial charge >= 0.3 is 0 Å². The van der Waals surface area contributed by atoms with Gasteiger partial charge in [0.15, 0.2) is 0 Å². The Morgan fingerprint density at radius 2 is 2.21 bits per heavy atom. The first-order valence-electron chi connectivity index (χ1n) is 5.62. The van der Waals surface area contributed by atoms with Gasteiger partial charge in [-0.2, -0.15) is 0 Å². The van der Waals surface area contributed by atoms with E-state index < -0.39 is 0 Å². The minimum Gasteiger partial charge on any atom is -0.328 e. The van der Waals surface area contributed by atoms with Gasteiger partial charge in [-0.15, -0.1) is 0 Å². The highest BCUT2D eigenvalue weighted by atomic mass is 14.6. The first kappa shape index (κ1) is 9.72. The zero-order valence-electron chi connectivity index (χ0n) is 8.92. The van der Waals surface area contributed by atoms with Crippen molar-refractivity contribution in [2.24, 2.45) is 5.73 Å². The van der Waals surface area contributed by atoms with E-state index in [2.05, 4.69) is 25.1 Å². The zero-order valence-corrected chi connectivity index (χ0v) is 8.92. The number of hydrogen-bond acceptors (Lipinski definition) is 1. The summed E-state index contributed by atoms with van der Waals surface area (Å²) in [5.74, 6) is 0. The molecular formula is C13H19N. The molecule has 76 valence electrons. The maximum absolute atomic E-state index is 5.79.